The van der Waals surface area contributed by atoms with Crippen LogP contribution >= 0.6 is 0 Å². The molecule has 0 aliphatic rings. The minimum absolute atomic E-state index is 0.220. The van der Waals surface area contributed by atoms with E-state index in [2.05, 4.69) is 19.4 Å². The van der Waals surface area contributed by atoms with E-state index in [0.29, 0.717) is 5.69 Å². The number of nitrogen functional groups attached to an aromatic ring is 1. The van der Waals surface area contributed by atoms with Gasteiger partial charge in [0.15, 0.2) is 6.61 Å². The largest absolute Gasteiger partial charge is 0.468 e. The maximum Gasteiger partial charge on any atom is 0.422 e. The van der Waals surface area contributed by atoms with E-state index in [9.17, 15) is 36.5 Å². The van der Waals surface area contributed by atoms with Gasteiger partial charge in [-0.2, -0.15) is 17.6 Å². The van der Waals surface area contributed by atoms with E-state index in [0.717, 1.165) is 18.3 Å². The standard InChI is InChI=1S/C7H5F3N2O3.C7H7F3N2O/c8-7(9,10)4-15-6-2-1-5(3-11-6)12(13)14;8-6(9)7(10)13-5-2-1-4(11)3-12-5/h1-3H,4H2;1-3,6-7H,11H2. The molecule has 1 atom stereocenters. The van der Waals surface area contributed by atoms with Crippen LogP contribution in [-0.4, -0.2) is 40.5 Å². The molecule has 0 aliphatic heterocycles. The highest BCUT2D eigenvalue weighted by Gasteiger charge is 2.28. The minimum atomic E-state index is -4.45. The van der Waals surface area contributed by atoms with Gasteiger partial charge in [-0.15, -0.1) is 0 Å². The molecule has 0 radical (unpaired) electrons. The Morgan fingerprint density at radius 2 is 1.68 bits per heavy atom. The Kier molecular flexibility index (Phi) is 8.22. The molecule has 2 heterocycles. The van der Waals surface area contributed by atoms with Crippen LogP contribution < -0.4 is 15.2 Å². The predicted octanol–water partition coefficient (Wildman–Crippen LogP) is 3.53. The summed E-state index contributed by atoms with van der Waals surface area (Å²) in [6.45, 7) is -1.47. The number of aromatic nitrogens is 2. The fourth-order valence-corrected chi connectivity index (χ4v) is 1.35. The number of rotatable bonds is 6. The molecule has 28 heavy (non-hydrogen) atoms. The number of hydrogen-bond acceptors (Lipinski definition) is 7. The van der Waals surface area contributed by atoms with Gasteiger partial charge < -0.3 is 15.2 Å². The molecule has 8 nitrogen and oxygen atoms in total. The number of nitro groups is 1. The number of nitrogens with two attached hydrogens (primary N) is 1. The first-order valence-corrected chi connectivity index (χ1v) is 7.08. The van der Waals surface area contributed by atoms with E-state index in [1.807, 2.05) is 0 Å². The van der Waals surface area contributed by atoms with Gasteiger partial charge in [0.25, 0.3) is 12.0 Å². The summed E-state index contributed by atoms with van der Waals surface area (Å²) in [5.74, 6) is -0.528. The van der Waals surface area contributed by atoms with Crippen LogP contribution in [0.4, 0.5) is 37.7 Å². The van der Waals surface area contributed by atoms with Gasteiger partial charge in [-0.1, -0.05) is 0 Å². The third kappa shape index (κ3) is 8.86. The maximum absolute atomic E-state index is 12.3. The van der Waals surface area contributed by atoms with Crippen molar-refractivity contribution < 1.29 is 40.7 Å². The Morgan fingerprint density at radius 3 is 2.11 bits per heavy atom. The first kappa shape index (κ1) is 22.7. The molecule has 0 bridgehead atoms. The van der Waals surface area contributed by atoms with Crippen molar-refractivity contribution in [2.75, 3.05) is 12.3 Å². The van der Waals surface area contributed by atoms with Gasteiger partial charge in [0.05, 0.1) is 16.8 Å². The molecule has 2 aromatic heterocycles. The number of nitrogens with zero attached hydrogens (tertiary/aromatic N) is 3. The predicted molar refractivity (Wildman–Crippen MR) is 82.6 cm³/mol. The van der Waals surface area contributed by atoms with Crippen LogP contribution in [-0.2, 0) is 0 Å². The lowest BCUT2D eigenvalue weighted by Crippen LogP contribution is -2.19. The summed E-state index contributed by atoms with van der Waals surface area (Å²) in [4.78, 5) is 16.3. The van der Waals surface area contributed by atoms with Crippen LogP contribution in [0, 0.1) is 10.1 Å². The van der Waals surface area contributed by atoms with E-state index in [1.165, 1.54) is 18.3 Å². The van der Waals surface area contributed by atoms with Crippen molar-refractivity contribution in [3.63, 3.8) is 0 Å². The normalized spacial score (nSPS) is 12.0. The SMILES string of the molecule is Nc1ccc(OC(F)C(F)F)nc1.O=[N+]([O-])c1ccc(OCC(F)(F)F)nc1. The van der Waals surface area contributed by atoms with Crippen LogP contribution in [0.25, 0.3) is 0 Å². The Morgan fingerprint density at radius 1 is 1.07 bits per heavy atom. The molecule has 154 valence electrons. The van der Waals surface area contributed by atoms with E-state index in [4.69, 9.17) is 5.73 Å². The van der Waals surface area contributed by atoms with E-state index in [-0.39, 0.29) is 17.4 Å². The number of ether oxygens (including phenoxy) is 2. The summed E-state index contributed by atoms with van der Waals surface area (Å²) in [6.07, 6.45) is -8.28. The average molecular weight is 414 g/mol. The lowest BCUT2D eigenvalue weighted by molar-refractivity contribution is -0.385. The number of pyridine rings is 2. The number of halogens is 6. The Bertz CT molecular complexity index is 743. The fraction of sp³-hybridized carbons (Fsp3) is 0.286. The second kappa shape index (κ2) is 10.1. The van der Waals surface area contributed by atoms with Crippen LogP contribution in [0.3, 0.4) is 0 Å². The third-order valence-electron chi connectivity index (χ3n) is 2.51. The number of hydrogen-bond donors (Lipinski definition) is 1. The summed E-state index contributed by atoms with van der Waals surface area (Å²) in [7, 11) is 0. The highest BCUT2D eigenvalue weighted by Crippen LogP contribution is 2.18. The molecule has 1 unspecified atom stereocenters. The maximum atomic E-state index is 12.3. The summed E-state index contributed by atoms with van der Waals surface area (Å²) in [5, 5.41) is 10.2. The summed E-state index contributed by atoms with van der Waals surface area (Å²) >= 11 is 0. The van der Waals surface area contributed by atoms with Crippen LogP contribution in [0.5, 0.6) is 11.8 Å². The topological polar surface area (TPSA) is 113 Å². The van der Waals surface area contributed by atoms with Crippen molar-refractivity contribution in [1.29, 1.82) is 0 Å². The molecule has 0 spiro atoms. The lowest BCUT2D eigenvalue weighted by Gasteiger charge is -2.08. The van der Waals surface area contributed by atoms with Crippen molar-refractivity contribution >= 4 is 11.4 Å². The van der Waals surface area contributed by atoms with Crippen molar-refractivity contribution in [1.82, 2.24) is 9.97 Å². The molecule has 0 saturated carbocycles. The van der Waals surface area contributed by atoms with E-state index in [1.54, 1.807) is 0 Å². The van der Waals surface area contributed by atoms with Crippen molar-refractivity contribution in [3.05, 3.63) is 46.8 Å². The second-order valence-corrected chi connectivity index (χ2v) is 4.75. The minimum Gasteiger partial charge on any atom is -0.468 e. The van der Waals surface area contributed by atoms with Gasteiger partial charge in [0, 0.05) is 18.2 Å². The lowest BCUT2D eigenvalue weighted by atomic mass is 10.4. The van der Waals surface area contributed by atoms with Crippen LogP contribution in [0.15, 0.2) is 36.7 Å². The zero-order chi connectivity index (χ0) is 21.3. The molecule has 0 saturated heterocycles. The Balaban J connectivity index is 0.000000283. The second-order valence-electron chi connectivity index (χ2n) is 4.75. The van der Waals surface area contributed by atoms with Gasteiger partial charge in [-0.25, -0.2) is 18.7 Å². The van der Waals surface area contributed by atoms with Gasteiger partial charge >= 0.3 is 12.6 Å². The smallest absolute Gasteiger partial charge is 0.422 e. The van der Waals surface area contributed by atoms with Crippen molar-refractivity contribution in [2.24, 2.45) is 0 Å². The molecule has 0 aliphatic carbocycles. The zero-order valence-electron chi connectivity index (χ0n) is 13.6. The quantitative estimate of drug-likeness (QED) is 0.437. The molecule has 0 aromatic carbocycles. The molecule has 14 heteroatoms. The van der Waals surface area contributed by atoms with Crippen molar-refractivity contribution in [3.8, 4) is 11.8 Å². The van der Waals surface area contributed by atoms with Gasteiger partial charge in [-0.05, 0) is 6.07 Å². The van der Waals surface area contributed by atoms with E-state index >= 15 is 0 Å². The molecular formula is C14H12F6N4O4. The van der Waals surface area contributed by atoms with E-state index < -0.39 is 30.5 Å². The highest BCUT2D eigenvalue weighted by molar-refractivity contribution is 5.36. The first-order chi connectivity index (χ1) is 13.0. The van der Waals surface area contributed by atoms with Gasteiger partial charge in [0.1, 0.15) is 6.20 Å². The Labute approximate surface area is 153 Å². The molecule has 0 amide bonds. The number of anilines is 1. The van der Waals surface area contributed by atoms with Crippen molar-refractivity contribution in [2.45, 2.75) is 19.0 Å². The molecule has 2 rings (SSSR count). The van der Waals surface area contributed by atoms with Gasteiger partial charge in [-0.3, -0.25) is 10.1 Å². The molecule has 2 aromatic rings. The highest BCUT2D eigenvalue weighted by atomic mass is 19.4. The fourth-order valence-electron chi connectivity index (χ4n) is 1.35. The number of alkyl halides is 6. The monoisotopic (exact) mass is 414 g/mol. The summed E-state index contributed by atoms with van der Waals surface area (Å²) < 4.78 is 79.0. The molecular weight excluding hydrogens is 402 g/mol. The van der Waals surface area contributed by atoms with Crippen LogP contribution in [0.1, 0.15) is 0 Å². The zero-order valence-corrected chi connectivity index (χ0v) is 13.6. The first-order valence-electron chi connectivity index (χ1n) is 7.08. The summed E-state index contributed by atoms with van der Waals surface area (Å²) in [5.41, 5.74) is 5.29. The Hall–Kier alpha value is -3.32. The average Bonchev–Trinajstić information content (AvgIpc) is 2.62. The molecule has 0 fully saturated rings. The molecule has 2 N–H and O–H groups in total. The summed E-state index contributed by atoms with van der Waals surface area (Å²) in [6, 6.07) is 4.60. The third-order valence-corrected chi connectivity index (χ3v) is 2.51. The van der Waals surface area contributed by atoms with Crippen LogP contribution in [0.2, 0.25) is 0 Å². The van der Waals surface area contributed by atoms with Gasteiger partial charge in [0.2, 0.25) is 11.8 Å².